The Kier molecular flexibility index (Phi) is 6.61. The first kappa shape index (κ1) is 21.3. The van der Waals surface area contributed by atoms with E-state index in [4.69, 9.17) is 4.74 Å². The summed E-state index contributed by atoms with van der Waals surface area (Å²) in [6.45, 7) is 4.75. The molecular weight excluding hydrogens is 396 g/mol. The van der Waals surface area contributed by atoms with Crippen LogP contribution in [0.1, 0.15) is 46.8 Å². The molecule has 0 bridgehead atoms. The van der Waals surface area contributed by atoms with Crippen LogP contribution >= 0.6 is 0 Å². The van der Waals surface area contributed by atoms with E-state index in [1.54, 1.807) is 18.3 Å². The van der Waals surface area contributed by atoms with Crippen molar-refractivity contribution in [2.45, 2.75) is 26.4 Å². The van der Waals surface area contributed by atoms with Gasteiger partial charge in [0.05, 0.1) is 6.21 Å². The minimum Gasteiger partial charge on any atom is -0.489 e. The summed E-state index contributed by atoms with van der Waals surface area (Å²) < 4.78 is 5.91. The zero-order valence-corrected chi connectivity index (χ0v) is 18.3. The highest BCUT2D eigenvalue weighted by Gasteiger charge is 2.05. The maximum Gasteiger partial charge on any atom is 0.271 e. The highest BCUT2D eigenvalue weighted by molar-refractivity contribution is 5.94. The molecule has 0 aliphatic rings. The number of carbonyl (C=O) groups is 1. The number of rotatable bonds is 7. The summed E-state index contributed by atoms with van der Waals surface area (Å²) in [7, 11) is 0. The van der Waals surface area contributed by atoms with Gasteiger partial charge in [0.1, 0.15) is 12.4 Å². The van der Waals surface area contributed by atoms with E-state index in [1.165, 1.54) is 10.9 Å². The van der Waals surface area contributed by atoms with Gasteiger partial charge in [0.15, 0.2) is 0 Å². The smallest absolute Gasteiger partial charge is 0.271 e. The molecule has 1 amide bonds. The summed E-state index contributed by atoms with van der Waals surface area (Å²) >= 11 is 0. The molecule has 0 radical (unpaired) electrons. The van der Waals surface area contributed by atoms with Crippen molar-refractivity contribution in [3.05, 3.63) is 113 Å². The van der Waals surface area contributed by atoms with Gasteiger partial charge in [-0.1, -0.05) is 80.6 Å². The van der Waals surface area contributed by atoms with Crippen molar-refractivity contribution in [3.63, 3.8) is 0 Å². The molecular formula is C28H26N2O2. The summed E-state index contributed by atoms with van der Waals surface area (Å²) in [6.07, 6.45) is 1.65. The fraction of sp³-hybridized carbons (Fsp3) is 0.143. The molecule has 4 nitrogen and oxygen atoms in total. The second-order valence-corrected chi connectivity index (χ2v) is 8.02. The molecule has 4 rings (SSSR count). The van der Waals surface area contributed by atoms with Crippen molar-refractivity contribution in [3.8, 4) is 5.75 Å². The molecule has 0 saturated heterocycles. The van der Waals surface area contributed by atoms with Crippen molar-refractivity contribution in [2.75, 3.05) is 0 Å². The summed E-state index contributed by atoms with van der Waals surface area (Å²) in [5.74, 6) is 1.06. The molecule has 0 spiro atoms. The predicted octanol–water partition coefficient (Wildman–Crippen LogP) is 6.31. The third kappa shape index (κ3) is 5.41. The lowest BCUT2D eigenvalue weighted by Crippen LogP contribution is -2.17. The van der Waals surface area contributed by atoms with E-state index in [0.717, 1.165) is 22.3 Å². The molecule has 0 heterocycles. The van der Waals surface area contributed by atoms with Gasteiger partial charge in [0, 0.05) is 5.56 Å². The Labute approximate surface area is 188 Å². The van der Waals surface area contributed by atoms with E-state index in [-0.39, 0.29) is 5.91 Å². The highest BCUT2D eigenvalue weighted by atomic mass is 16.5. The van der Waals surface area contributed by atoms with Crippen LogP contribution in [0.25, 0.3) is 10.8 Å². The van der Waals surface area contributed by atoms with Gasteiger partial charge in [0.2, 0.25) is 0 Å². The topological polar surface area (TPSA) is 50.7 Å². The lowest BCUT2D eigenvalue weighted by atomic mass is 10.0. The van der Waals surface area contributed by atoms with E-state index in [1.807, 2.05) is 48.5 Å². The zero-order valence-electron chi connectivity index (χ0n) is 18.3. The lowest BCUT2D eigenvalue weighted by molar-refractivity contribution is 0.0955. The quantitative estimate of drug-likeness (QED) is 0.280. The van der Waals surface area contributed by atoms with E-state index in [2.05, 4.69) is 54.7 Å². The van der Waals surface area contributed by atoms with E-state index >= 15 is 0 Å². The minimum absolute atomic E-state index is 0.248. The van der Waals surface area contributed by atoms with Crippen LogP contribution in [0.4, 0.5) is 0 Å². The number of carbonyl (C=O) groups excluding carboxylic acids is 1. The van der Waals surface area contributed by atoms with Gasteiger partial charge in [-0.2, -0.15) is 5.10 Å². The Hall–Kier alpha value is -3.92. The number of hydrogen-bond donors (Lipinski definition) is 1. The van der Waals surface area contributed by atoms with Crippen LogP contribution in [0.2, 0.25) is 0 Å². The van der Waals surface area contributed by atoms with Gasteiger partial charge in [-0.3, -0.25) is 4.79 Å². The van der Waals surface area contributed by atoms with Crippen LogP contribution in [0.3, 0.4) is 0 Å². The SMILES string of the molecule is CC(C)c1ccc(/C=N\NC(=O)c2ccc(COc3ccc4ccccc4c3)cc2)cc1. The first-order valence-electron chi connectivity index (χ1n) is 10.7. The van der Waals surface area contributed by atoms with Crippen LogP contribution in [-0.4, -0.2) is 12.1 Å². The molecule has 1 N–H and O–H groups in total. The fourth-order valence-corrected chi connectivity index (χ4v) is 3.37. The summed E-state index contributed by atoms with van der Waals surface area (Å²) in [4.78, 5) is 12.3. The molecule has 0 aromatic heterocycles. The molecule has 0 aliphatic carbocycles. The van der Waals surface area contributed by atoms with Gasteiger partial charge >= 0.3 is 0 Å². The van der Waals surface area contributed by atoms with Crippen LogP contribution in [0, 0.1) is 0 Å². The van der Waals surface area contributed by atoms with Crippen molar-refractivity contribution >= 4 is 22.9 Å². The zero-order chi connectivity index (χ0) is 22.3. The number of ether oxygens (including phenoxy) is 1. The van der Waals surface area contributed by atoms with Gasteiger partial charge in [-0.25, -0.2) is 5.43 Å². The lowest BCUT2D eigenvalue weighted by Gasteiger charge is -2.08. The van der Waals surface area contributed by atoms with Crippen molar-refractivity contribution in [1.29, 1.82) is 0 Å². The van der Waals surface area contributed by atoms with E-state index in [9.17, 15) is 4.79 Å². The molecule has 4 heteroatoms. The normalized spacial score (nSPS) is 11.2. The number of hydrazone groups is 1. The average molecular weight is 423 g/mol. The summed E-state index contributed by atoms with van der Waals surface area (Å²) in [5.41, 5.74) is 6.33. The molecule has 4 aromatic carbocycles. The number of nitrogens with zero attached hydrogens (tertiary/aromatic N) is 1. The Balaban J connectivity index is 1.30. The molecule has 160 valence electrons. The average Bonchev–Trinajstić information content (AvgIpc) is 2.83. The van der Waals surface area contributed by atoms with Gasteiger partial charge in [-0.15, -0.1) is 0 Å². The number of nitrogens with one attached hydrogen (secondary N) is 1. The second kappa shape index (κ2) is 9.92. The van der Waals surface area contributed by atoms with Crippen LogP contribution in [0.5, 0.6) is 5.75 Å². The molecule has 0 atom stereocenters. The summed E-state index contributed by atoms with van der Waals surface area (Å²) in [5, 5.41) is 6.40. The molecule has 0 fully saturated rings. The monoisotopic (exact) mass is 422 g/mol. The predicted molar refractivity (Wildman–Crippen MR) is 130 cm³/mol. The first-order chi connectivity index (χ1) is 15.6. The van der Waals surface area contributed by atoms with E-state index in [0.29, 0.717) is 18.1 Å². The maximum atomic E-state index is 12.3. The van der Waals surface area contributed by atoms with Crippen LogP contribution in [-0.2, 0) is 6.61 Å². The Morgan fingerprint density at radius 2 is 1.62 bits per heavy atom. The third-order valence-corrected chi connectivity index (χ3v) is 5.33. The van der Waals surface area contributed by atoms with Crippen molar-refractivity contribution in [1.82, 2.24) is 5.43 Å². The molecule has 32 heavy (non-hydrogen) atoms. The van der Waals surface area contributed by atoms with Crippen molar-refractivity contribution < 1.29 is 9.53 Å². The van der Waals surface area contributed by atoms with Crippen LogP contribution in [0.15, 0.2) is 96.1 Å². The minimum atomic E-state index is -0.248. The fourth-order valence-electron chi connectivity index (χ4n) is 3.37. The Morgan fingerprint density at radius 3 is 2.34 bits per heavy atom. The Bertz CT molecular complexity index is 1230. The molecule has 0 unspecified atom stereocenters. The Morgan fingerprint density at radius 1 is 0.906 bits per heavy atom. The van der Waals surface area contributed by atoms with Gasteiger partial charge in [0.25, 0.3) is 5.91 Å². The second-order valence-electron chi connectivity index (χ2n) is 8.02. The molecule has 0 saturated carbocycles. The van der Waals surface area contributed by atoms with E-state index < -0.39 is 0 Å². The first-order valence-corrected chi connectivity index (χ1v) is 10.7. The number of fused-ring (bicyclic) bond motifs is 1. The van der Waals surface area contributed by atoms with Gasteiger partial charge in [-0.05, 0) is 57.6 Å². The van der Waals surface area contributed by atoms with Crippen LogP contribution < -0.4 is 10.2 Å². The largest absolute Gasteiger partial charge is 0.489 e. The number of benzene rings is 4. The summed E-state index contributed by atoms with van der Waals surface area (Å²) in [6, 6.07) is 29.7. The third-order valence-electron chi connectivity index (χ3n) is 5.33. The molecule has 0 aliphatic heterocycles. The number of amides is 1. The number of hydrogen-bond acceptors (Lipinski definition) is 3. The standard InChI is InChI=1S/C28H26N2O2/c1-20(2)23-11-7-21(8-12-23)18-29-30-28(31)25-13-9-22(10-14-25)19-32-27-16-15-24-5-3-4-6-26(24)17-27/h3-18,20H,19H2,1-2H3,(H,30,31)/b29-18-. The molecule has 4 aromatic rings. The highest BCUT2D eigenvalue weighted by Crippen LogP contribution is 2.21. The van der Waals surface area contributed by atoms with Gasteiger partial charge < -0.3 is 4.74 Å². The van der Waals surface area contributed by atoms with Crippen molar-refractivity contribution in [2.24, 2.45) is 5.10 Å². The maximum absolute atomic E-state index is 12.3.